The summed E-state index contributed by atoms with van der Waals surface area (Å²) in [5.41, 5.74) is 0.757. The van der Waals surface area contributed by atoms with E-state index in [2.05, 4.69) is 11.8 Å². The van der Waals surface area contributed by atoms with Crippen molar-refractivity contribution in [3.05, 3.63) is 21.9 Å². The number of aliphatic hydroxyl groups is 1. The summed E-state index contributed by atoms with van der Waals surface area (Å²) in [6.07, 6.45) is 2.21. The Labute approximate surface area is 123 Å². The Bertz CT molecular complexity index is 509. The van der Waals surface area contributed by atoms with Crippen molar-refractivity contribution in [2.45, 2.75) is 25.3 Å². The van der Waals surface area contributed by atoms with Crippen LogP contribution in [-0.2, 0) is 4.74 Å². The maximum Gasteiger partial charge on any atom is 0.265 e. The van der Waals surface area contributed by atoms with E-state index in [-0.39, 0.29) is 18.6 Å². The van der Waals surface area contributed by atoms with Crippen LogP contribution in [0.1, 0.15) is 34.5 Å². The minimum atomic E-state index is 0.0280. The molecule has 1 fully saturated rings. The van der Waals surface area contributed by atoms with E-state index in [1.165, 1.54) is 11.3 Å². The lowest BCUT2D eigenvalue weighted by atomic mass is 10.1. The van der Waals surface area contributed by atoms with Gasteiger partial charge in [0.15, 0.2) is 0 Å². The Morgan fingerprint density at radius 3 is 3.00 bits per heavy atom. The number of hydrogen-bond acceptors (Lipinski definition) is 4. The molecule has 2 heterocycles. The topological polar surface area (TPSA) is 49.8 Å². The molecule has 0 bridgehead atoms. The Hall–Kier alpha value is -1.35. The second kappa shape index (κ2) is 7.44. The van der Waals surface area contributed by atoms with Crippen LogP contribution in [0, 0.1) is 11.8 Å². The van der Waals surface area contributed by atoms with Crippen molar-refractivity contribution in [1.82, 2.24) is 4.90 Å². The van der Waals surface area contributed by atoms with Crippen LogP contribution in [0.3, 0.4) is 0 Å². The number of nitrogens with zero attached hydrogens (tertiary/aromatic N) is 1. The molecular formula is C15H19NO3S. The molecule has 2 rings (SSSR count). The third kappa shape index (κ3) is 3.60. The van der Waals surface area contributed by atoms with E-state index in [4.69, 9.17) is 9.84 Å². The van der Waals surface area contributed by atoms with Crippen LogP contribution in [-0.4, -0.2) is 48.8 Å². The van der Waals surface area contributed by atoms with Crippen molar-refractivity contribution in [1.29, 1.82) is 0 Å². The number of amides is 1. The fourth-order valence-electron chi connectivity index (χ4n) is 2.19. The first-order valence-electron chi connectivity index (χ1n) is 6.76. The predicted molar refractivity (Wildman–Crippen MR) is 78.8 cm³/mol. The van der Waals surface area contributed by atoms with E-state index in [1.54, 1.807) is 0 Å². The van der Waals surface area contributed by atoms with Gasteiger partial charge < -0.3 is 14.7 Å². The third-order valence-corrected chi connectivity index (χ3v) is 4.28. The molecule has 0 spiro atoms. The van der Waals surface area contributed by atoms with E-state index in [0.29, 0.717) is 11.3 Å². The third-order valence-electron chi connectivity index (χ3n) is 3.38. The zero-order chi connectivity index (χ0) is 14.4. The van der Waals surface area contributed by atoms with Crippen LogP contribution in [0.15, 0.2) is 11.4 Å². The average Bonchev–Trinajstić information content (AvgIpc) is 2.95. The molecule has 0 aromatic carbocycles. The molecule has 0 saturated carbocycles. The molecule has 1 saturated heterocycles. The first-order valence-corrected chi connectivity index (χ1v) is 7.64. The Kier molecular flexibility index (Phi) is 5.60. The first-order chi connectivity index (χ1) is 9.74. The van der Waals surface area contributed by atoms with Crippen molar-refractivity contribution >= 4 is 17.2 Å². The zero-order valence-corrected chi connectivity index (χ0v) is 12.4. The number of carbonyl (C=O) groups excluding carboxylic acids is 1. The molecule has 0 atom stereocenters. The number of ether oxygens (including phenoxy) is 1. The van der Waals surface area contributed by atoms with E-state index < -0.39 is 0 Å². The number of aliphatic hydroxyl groups excluding tert-OH is 1. The molecule has 108 valence electrons. The van der Waals surface area contributed by atoms with Crippen LogP contribution in [0.2, 0.25) is 0 Å². The number of carbonyl (C=O) groups is 1. The van der Waals surface area contributed by atoms with E-state index in [1.807, 2.05) is 23.4 Å². The van der Waals surface area contributed by atoms with Crippen molar-refractivity contribution in [3.63, 3.8) is 0 Å². The fourth-order valence-corrected chi connectivity index (χ4v) is 3.02. The average molecular weight is 293 g/mol. The summed E-state index contributed by atoms with van der Waals surface area (Å²) in [7, 11) is 1.85. The Morgan fingerprint density at radius 2 is 2.30 bits per heavy atom. The predicted octanol–water partition coefficient (Wildman–Crippen LogP) is 1.73. The highest BCUT2D eigenvalue weighted by Crippen LogP contribution is 2.21. The van der Waals surface area contributed by atoms with E-state index in [0.717, 1.165) is 31.6 Å². The smallest absolute Gasteiger partial charge is 0.265 e. The van der Waals surface area contributed by atoms with Gasteiger partial charge in [-0.25, -0.2) is 0 Å². The van der Waals surface area contributed by atoms with Crippen molar-refractivity contribution in [3.8, 4) is 11.8 Å². The van der Waals surface area contributed by atoms with Crippen LogP contribution in [0.25, 0.3) is 0 Å². The summed E-state index contributed by atoms with van der Waals surface area (Å²) in [4.78, 5) is 15.0. The van der Waals surface area contributed by atoms with Crippen molar-refractivity contribution < 1.29 is 14.6 Å². The first kappa shape index (κ1) is 15.0. The summed E-state index contributed by atoms with van der Waals surface area (Å²) in [6.45, 7) is 1.48. The molecule has 0 aliphatic carbocycles. The zero-order valence-electron chi connectivity index (χ0n) is 11.6. The van der Waals surface area contributed by atoms with Gasteiger partial charge in [-0.2, -0.15) is 0 Å². The summed E-state index contributed by atoms with van der Waals surface area (Å²) in [6, 6.07) is 2.11. The lowest BCUT2D eigenvalue weighted by Gasteiger charge is -2.31. The highest BCUT2D eigenvalue weighted by Gasteiger charge is 2.25. The van der Waals surface area contributed by atoms with Crippen molar-refractivity contribution in [2.75, 3.05) is 26.9 Å². The number of hydrogen-bond donors (Lipinski definition) is 1. The van der Waals surface area contributed by atoms with Crippen LogP contribution >= 0.6 is 11.3 Å². The van der Waals surface area contributed by atoms with Gasteiger partial charge in [0.05, 0.1) is 6.61 Å². The quantitative estimate of drug-likeness (QED) is 0.864. The summed E-state index contributed by atoms with van der Waals surface area (Å²) < 4.78 is 5.33. The van der Waals surface area contributed by atoms with Gasteiger partial charge in [-0.15, -0.1) is 11.3 Å². The molecule has 1 N–H and O–H groups in total. The van der Waals surface area contributed by atoms with Gasteiger partial charge in [0.1, 0.15) is 4.88 Å². The Balaban J connectivity index is 2.09. The molecule has 1 amide bonds. The minimum Gasteiger partial charge on any atom is -0.395 e. The van der Waals surface area contributed by atoms with Gasteiger partial charge in [-0.1, -0.05) is 11.8 Å². The van der Waals surface area contributed by atoms with E-state index in [9.17, 15) is 4.79 Å². The standard InChI is InChI=1S/C15H19NO3S/c1-16(13-5-9-19-10-6-13)15(18)14-12(7-11-20-14)4-2-3-8-17/h7,11,13,17H,3,5-6,8-10H2,1H3. The molecule has 1 aliphatic rings. The van der Waals surface area contributed by atoms with Crippen LogP contribution in [0.4, 0.5) is 0 Å². The summed E-state index contributed by atoms with van der Waals surface area (Å²) in [5.74, 6) is 5.86. The lowest BCUT2D eigenvalue weighted by molar-refractivity contribution is 0.0364. The minimum absolute atomic E-state index is 0.0280. The molecule has 5 heteroatoms. The highest BCUT2D eigenvalue weighted by atomic mass is 32.1. The Morgan fingerprint density at radius 1 is 1.55 bits per heavy atom. The van der Waals surface area contributed by atoms with E-state index >= 15 is 0 Å². The SMILES string of the molecule is CN(C(=O)c1sccc1C#CCCO)C1CCOCC1. The molecule has 1 aromatic rings. The van der Waals surface area contributed by atoms with Gasteiger partial charge in [0.2, 0.25) is 0 Å². The van der Waals surface area contributed by atoms with Gasteiger partial charge >= 0.3 is 0 Å². The lowest BCUT2D eigenvalue weighted by Crippen LogP contribution is -2.40. The molecule has 1 aliphatic heterocycles. The maximum atomic E-state index is 12.5. The summed E-state index contributed by atoms with van der Waals surface area (Å²) >= 11 is 1.42. The van der Waals surface area contributed by atoms with Crippen LogP contribution < -0.4 is 0 Å². The molecule has 0 unspecified atom stereocenters. The highest BCUT2D eigenvalue weighted by molar-refractivity contribution is 7.12. The monoisotopic (exact) mass is 293 g/mol. The fraction of sp³-hybridized carbons (Fsp3) is 0.533. The van der Waals surface area contributed by atoms with Crippen molar-refractivity contribution in [2.24, 2.45) is 0 Å². The second-order valence-corrected chi connectivity index (χ2v) is 5.61. The largest absolute Gasteiger partial charge is 0.395 e. The molecule has 1 aromatic heterocycles. The molecule has 4 nitrogen and oxygen atoms in total. The van der Waals surface area contributed by atoms with Gasteiger partial charge in [0.25, 0.3) is 5.91 Å². The maximum absolute atomic E-state index is 12.5. The number of thiophene rings is 1. The van der Waals surface area contributed by atoms with Gasteiger partial charge in [-0.05, 0) is 24.3 Å². The van der Waals surface area contributed by atoms with Crippen LogP contribution in [0.5, 0.6) is 0 Å². The normalized spacial score (nSPS) is 15.5. The molecule has 0 radical (unpaired) electrons. The molecule has 20 heavy (non-hydrogen) atoms. The van der Waals surface area contributed by atoms with Gasteiger partial charge in [0, 0.05) is 38.3 Å². The number of rotatable bonds is 3. The molecular weight excluding hydrogens is 274 g/mol. The second-order valence-electron chi connectivity index (χ2n) is 4.70. The van der Waals surface area contributed by atoms with Gasteiger partial charge in [-0.3, -0.25) is 4.79 Å². The summed E-state index contributed by atoms with van der Waals surface area (Å²) in [5, 5.41) is 10.6.